The third kappa shape index (κ3) is 4.26. The van der Waals surface area contributed by atoms with Crippen LogP contribution in [0.3, 0.4) is 0 Å². The highest BCUT2D eigenvalue weighted by Gasteiger charge is 2.23. The van der Waals surface area contributed by atoms with Crippen LogP contribution in [-0.2, 0) is 16.0 Å². The molecule has 2 N–H and O–H groups in total. The number of rotatable bonds is 6. The summed E-state index contributed by atoms with van der Waals surface area (Å²) in [4.78, 5) is 25.9. The molecule has 6 heteroatoms. The Morgan fingerprint density at radius 2 is 2.12 bits per heavy atom. The number of hydrogen-bond acceptors (Lipinski definition) is 3. The zero-order chi connectivity index (χ0) is 16.8. The molecule has 2 aliphatic rings. The van der Waals surface area contributed by atoms with Gasteiger partial charge in [0.2, 0.25) is 5.91 Å². The number of carbonyl (C=O) groups is 2. The summed E-state index contributed by atoms with van der Waals surface area (Å²) in [6, 6.07) is 7.85. The summed E-state index contributed by atoms with van der Waals surface area (Å²) >= 11 is 0. The lowest BCUT2D eigenvalue weighted by atomic mass is 10.2. The fourth-order valence-electron chi connectivity index (χ4n) is 3.25. The van der Waals surface area contributed by atoms with Crippen molar-refractivity contribution in [3.8, 4) is 0 Å². The first kappa shape index (κ1) is 16.8. The van der Waals surface area contributed by atoms with Crippen molar-refractivity contribution in [2.75, 3.05) is 31.1 Å². The molecule has 1 aromatic rings. The van der Waals surface area contributed by atoms with E-state index in [1.807, 2.05) is 23.1 Å². The molecule has 2 aliphatic heterocycles. The molecule has 1 fully saturated rings. The second-order valence-corrected chi connectivity index (χ2v) is 6.30. The molecule has 0 saturated carbocycles. The van der Waals surface area contributed by atoms with E-state index in [1.165, 1.54) is 5.56 Å². The predicted octanol–water partition coefficient (Wildman–Crippen LogP) is 1.83. The summed E-state index contributed by atoms with van der Waals surface area (Å²) in [6.07, 6.45) is 4.23. The fourth-order valence-corrected chi connectivity index (χ4v) is 3.25. The first-order valence-corrected chi connectivity index (χ1v) is 8.75. The maximum Gasteiger partial charge on any atom is 0.314 e. The summed E-state index contributed by atoms with van der Waals surface area (Å²) in [7, 11) is 0. The number of urea groups is 1. The van der Waals surface area contributed by atoms with E-state index in [0.29, 0.717) is 25.9 Å². The lowest BCUT2D eigenvalue weighted by Gasteiger charge is -2.17. The van der Waals surface area contributed by atoms with Gasteiger partial charge >= 0.3 is 6.03 Å². The molecule has 1 unspecified atom stereocenters. The summed E-state index contributed by atoms with van der Waals surface area (Å²) in [6.45, 7) is 2.59. The quantitative estimate of drug-likeness (QED) is 0.781. The molecular formula is C18H25N3O3. The number of amides is 3. The predicted molar refractivity (Wildman–Crippen MR) is 92.1 cm³/mol. The van der Waals surface area contributed by atoms with Crippen LogP contribution in [0, 0.1) is 0 Å². The lowest BCUT2D eigenvalue weighted by Crippen LogP contribution is -2.40. The van der Waals surface area contributed by atoms with Gasteiger partial charge in [0.1, 0.15) is 0 Å². The largest absolute Gasteiger partial charge is 0.376 e. The van der Waals surface area contributed by atoms with Crippen LogP contribution in [0.5, 0.6) is 0 Å². The van der Waals surface area contributed by atoms with Crippen LogP contribution in [0.4, 0.5) is 10.5 Å². The summed E-state index contributed by atoms with van der Waals surface area (Å²) < 4.78 is 5.45. The smallest absolute Gasteiger partial charge is 0.314 e. The maximum atomic E-state index is 12.3. The first-order chi connectivity index (χ1) is 11.7. The van der Waals surface area contributed by atoms with Gasteiger partial charge < -0.3 is 20.3 Å². The summed E-state index contributed by atoms with van der Waals surface area (Å²) in [5.74, 6) is 0.126. The van der Waals surface area contributed by atoms with Crippen LogP contribution in [0.2, 0.25) is 0 Å². The van der Waals surface area contributed by atoms with Crippen molar-refractivity contribution in [1.29, 1.82) is 0 Å². The second-order valence-electron chi connectivity index (χ2n) is 6.30. The van der Waals surface area contributed by atoms with E-state index in [9.17, 15) is 9.59 Å². The van der Waals surface area contributed by atoms with Crippen molar-refractivity contribution >= 4 is 17.6 Å². The van der Waals surface area contributed by atoms with Crippen LogP contribution in [0.15, 0.2) is 24.3 Å². The molecule has 2 heterocycles. The Hall–Kier alpha value is -2.08. The Balaban J connectivity index is 1.32. The van der Waals surface area contributed by atoms with Gasteiger partial charge in [-0.2, -0.15) is 0 Å². The van der Waals surface area contributed by atoms with Crippen LogP contribution < -0.4 is 15.5 Å². The van der Waals surface area contributed by atoms with Crippen molar-refractivity contribution in [3.05, 3.63) is 29.8 Å². The minimum absolute atomic E-state index is 0.126. The number of ether oxygens (including phenoxy) is 1. The van der Waals surface area contributed by atoms with Gasteiger partial charge in [-0.25, -0.2) is 4.79 Å². The lowest BCUT2D eigenvalue weighted by molar-refractivity contribution is -0.118. The molecule has 1 aromatic carbocycles. The molecule has 0 spiro atoms. The molecule has 1 atom stereocenters. The highest BCUT2D eigenvalue weighted by atomic mass is 16.5. The molecule has 3 amide bonds. The number of hydrogen-bond donors (Lipinski definition) is 2. The molecule has 6 nitrogen and oxygen atoms in total. The molecular weight excluding hydrogens is 306 g/mol. The van der Waals surface area contributed by atoms with Crippen LogP contribution in [-0.4, -0.2) is 44.3 Å². The summed E-state index contributed by atoms with van der Waals surface area (Å²) in [5.41, 5.74) is 2.27. The SMILES string of the molecule is O=C(NCCCC(=O)N1CCc2ccccc21)NCC1CCCO1. The highest BCUT2D eigenvalue weighted by Crippen LogP contribution is 2.27. The Kier molecular flexibility index (Phi) is 5.69. The molecule has 130 valence electrons. The third-order valence-electron chi connectivity index (χ3n) is 4.56. The van der Waals surface area contributed by atoms with Gasteiger partial charge in [-0.1, -0.05) is 18.2 Å². The van der Waals surface area contributed by atoms with Crippen molar-refractivity contribution in [1.82, 2.24) is 10.6 Å². The number of carbonyl (C=O) groups excluding carboxylic acids is 2. The van der Waals surface area contributed by atoms with Crippen LogP contribution in [0.1, 0.15) is 31.2 Å². The van der Waals surface area contributed by atoms with Gasteiger partial charge in [0.05, 0.1) is 6.10 Å². The zero-order valence-corrected chi connectivity index (χ0v) is 13.9. The van der Waals surface area contributed by atoms with E-state index in [0.717, 1.165) is 38.1 Å². The molecule has 3 rings (SSSR count). The topological polar surface area (TPSA) is 70.7 Å². The van der Waals surface area contributed by atoms with Crippen LogP contribution >= 0.6 is 0 Å². The standard InChI is InChI=1S/C18H25N3O3/c22-17(21-11-9-14-5-1-2-7-16(14)21)8-3-10-19-18(23)20-13-15-6-4-12-24-15/h1-2,5,7,15H,3-4,6,8-13H2,(H2,19,20,23). The fraction of sp³-hybridized carbons (Fsp3) is 0.556. The van der Waals surface area contributed by atoms with Gasteiger partial charge in [-0.15, -0.1) is 0 Å². The van der Waals surface area contributed by atoms with Gasteiger partial charge in [0.25, 0.3) is 0 Å². The number of fused-ring (bicyclic) bond motifs is 1. The Morgan fingerprint density at radius 1 is 1.25 bits per heavy atom. The number of para-hydroxylation sites is 1. The number of anilines is 1. The monoisotopic (exact) mass is 331 g/mol. The number of nitrogens with zero attached hydrogens (tertiary/aromatic N) is 1. The molecule has 1 saturated heterocycles. The normalized spacial score (nSPS) is 19.2. The van der Waals surface area contributed by atoms with Gasteiger partial charge in [0.15, 0.2) is 0 Å². The Bertz CT molecular complexity index is 585. The Labute approximate surface area is 142 Å². The minimum atomic E-state index is -0.190. The third-order valence-corrected chi connectivity index (χ3v) is 4.56. The first-order valence-electron chi connectivity index (χ1n) is 8.75. The average Bonchev–Trinajstić information content (AvgIpc) is 3.26. The molecule has 0 bridgehead atoms. The van der Waals surface area contributed by atoms with E-state index >= 15 is 0 Å². The van der Waals surface area contributed by atoms with Crippen molar-refractivity contribution < 1.29 is 14.3 Å². The van der Waals surface area contributed by atoms with Gasteiger partial charge in [0, 0.05) is 38.3 Å². The van der Waals surface area contributed by atoms with E-state index in [4.69, 9.17) is 4.74 Å². The minimum Gasteiger partial charge on any atom is -0.376 e. The highest BCUT2D eigenvalue weighted by molar-refractivity contribution is 5.95. The second kappa shape index (κ2) is 8.15. The summed E-state index contributed by atoms with van der Waals surface area (Å²) in [5, 5.41) is 5.61. The zero-order valence-electron chi connectivity index (χ0n) is 13.9. The molecule has 0 aliphatic carbocycles. The van der Waals surface area contributed by atoms with E-state index in [-0.39, 0.29) is 18.0 Å². The Morgan fingerprint density at radius 3 is 2.96 bits per heavy atom. The van der Waals surface area contributed by atoms with Gasteiger partial charge in [-0.05, 0) is 37.3 Å². The van der Waals surface area contributed by atoms with Crippen molar-refractivity contribution in [3.63, 3.8) is 0 Å². The maximum absolute atomic E-state index is 12.3. The van der Waals surface area contributed by atoms with E-state index < -0.39 is 0 Å². The van der Waals surface area contributed by atoms with E-state index in [1.54, 1.807) is 0 Å². The molecule has 0 radical (unpaired) electrons. The van der Waals surface area contributed by atoms with Crippen molar-refractivity contribution in [2.24, 2.45) is 0 Å². The van der Waals surface area contributed by atoms with E-state index in [2.05, 4.69) is 16.7 Å². The van der Waals surface area contributed by atoms with Crippen molar-refractivity contribution in [2.45, 2.75) is 38.2 Å². The van der Waals surface area contributed by atoms with Gasteiger partial charge in [-0.3, -0.25) is 4.79 Å². The number of benzene rings is 1. The van der Waals surface area contributed by atoms with Crippen LogP contribution in [0.25, 0.3) is 0 Å². The number of nitrogens with one attached hydrogen (secondary N) is 2. The molecule has 24 heavy (non-hydrogen) atoms. The average molecular weight is 331 g/mol. The molecule has 0 aromatic heterocycles.